The number of esters is 1. The molecule has 5 heteroatoms. The van der Waals surface area contributed by atoms with Gasteiger partial charge in [-0.05, 0) is 25.1 Å². The Bertz CT molecular complexity index is 400. The lowest BCUT2D eigenvalue weighted by Crippen LogP contribution is -2.07. The van der Waals surface area contributed by atoms with Gasteiger partial charge < -0.3 is 9.84 Å². The van der Waals surface area contributed by atoms with Gasteiger partial charge in [-0.3, -0.25) is 0 Å². The van der Waals surface area contributed by atoms with E-state index in [-0.39, 0.29) is 17.7 Å². The van der Waals surface area contributed by atoms with E-state index in [9.17, 15) is 9.59 Å². The van der Waals surface area contributed by atoms with E-state index in [1.165, 1.54) is 18.2 Å². The fourth-order valence-corrected chi connectivity index (χ4v) is 1.28. The molecule has 0 aliphatic rings. The molecule has 1 N–H and O–H groups in total. The molecule has 0 aliphatic carbocycles. The first-order valence-electron chi connectivity index (χ1n) is 4.29. The van der Waals surface area contributed by atoms with Gasteiger partial charge in [-0.1, -0.05) is 0 Å². The summed E-state index contributed by atoms with van der Waals surface area (Å²) in [5.74, 6) is -1.65. The maximum absolute atomic E-state index is 11.3. The highest BCUT2D eigenvalue weighted by Gasteiger charge is 2.13. The zero-order valence-corrected chi connectivity index (χ0v) is 8.95. The minimum atomic E-state index is -1.12. The number of carbonyl (C=O) groups is 2. The smallest absolute Gasteiger partial charge is 0.338 e. The summed E-state index contributed by atoms with van der Waals surface area (Å²) in [6.45, 7) is 1.94. The van der Waals surface area contributed by atoms with Crippen LogP contribution in [0.15, 0.2) is 23.1 Å². The molecule has 0 bridgehead atoms. The van der Waals surface area contributed by atoms with Crippen molar-refractivity contribution in [3.05, 3.63) is 29.3 Å². The van der Waals surface area contributed by atoms with Gasteiger partial charge in [-0.25, -0.2) is 9.59 Å². The van der Waals surface area contributed by atoms with Crippen LogP contribution in [0.25, 0.3) is 0 Å². The number of benzene rings is 1. The molecule has 15 heavy (non-hydrogen) atoms. The summed E-state index contributed by atoms with van der Waals surface area (Å²) < 4.78 is 4.75. The Hall–Kier alpha value is -1.49. The average Bonchev–Trinajstić information content (AvgIpc) is 2.18. The second-order valence-electron chi connectivity index (χ2n) is 2.76. The van der Waals surface area contributed by atoms with Crippen molar-refractivity contribution in [2.75, 3.05) is 6.61 Å². The number of carboxylic acid groups (broad SMARTS) is 1. The predicted molar refractivity (Wildman–Crippen MR) is 56.6 cm³/mol. The van der Waals surface area contributed by atoms with E-state index >= 15 is 0 Å². The number of thiol groups is 1. The highest BCUT2D eigenvalue weighted by atomic mass is 32.1. The van der Waals surface area contributed by atoms with Crippen LogP contribution in [0.2, 0.25) is 0 Å². The fraction of sp³-hybridized carbons (Fsp3) is 0.200. The first kappa shape index (κ1) is 11.6. The van der Waals surface area contributed by atoms with Crippen LogP contribution in [0.5, 0.6) is 0 Å². The molecule has 1 aromatic rings. The fourth-order valence-electron chi connectivity index (χ4n) is 1.05. The standard InChI is InChI=1S/C10H10O4S/c1-2-14-10(13)6-3-4-8(15)7(5-6)9(11)12/h3-5,15H,2H2,1H3,(H,11,12). The van der Waals surface area contributed by atoms with Crippen LogP contribution in [0.3, 0.4) is 0 Å². The third-order valence-corrected chi connectivity index (χ3v) is 2.13. The monoisotopic (exact) mass is 226 g/mol. The second kappa shape index (κ2) is 4.84. The van der Waals surface area contributed by atoms with E-state index in [2.05, 4.69) is 12.6 Å². The second-order valence-corrected chi connectivity index (χ2v) is 3.24. The Balaban J connectivity index is 3.07. The summed E-state index contributed by atoms with van der Waals surface area (Å²) in [6.07, 6.45) is 0. The van der Waals surface area contributed by atoms with Gasteiger partial charge in [0.05, 0.1) is 17.7 Å². The maximum Gasteiger partial charge on any atom is 0.338 e. The summed E-state index contributed by atoms with van der Waals surface area (Å²) >= 11 is 3.97. The molecule has 0 radical (unpaired) electrons. The van der Waals surface area contributed by atoms with Gasteiger partial charge in [0.25, 0.3) is 0 Å². The van der Waals surface area contributed by atoms with E-state index < -0.39 is 11.9 Å². The number of hydrogen-bond donors (Lipinski definition) is 2. The molecule has 0 heterocycles. The molecule has 0 spiro atoms. The Labute approximate surface area is 92.3 Å². The Morgan fingerprint density at radius 2 is 2.13 bits per heavy atom. The average molecular weight is 226 g/mol. The van der Waals surface area contributed by atoms with Gasteiger partial charge in [0.1, 0.15) is 0 Å². The SMILES string of the molecule is CCOC(=O)c1ccc(S)c(C(=O)O)c1. The molecule has 0 aliphatic heterocycles. The quantitative estimate of drug-likeness (QED) is 0.610. The van der Waals surface area contributed by atoms with Crippen molar-refractivity contribution in [3.8, 4) is 0 Å². The lowest BCUT2D eigenvalue weighted by molar-refractivity contribution is 0.0526. The number of carboxylic acids is 1. The third kappa shape index (κ3) is 2.73. The van der Waals surface area contributed by atoms with E-state index in [0.29, 0.717) is 4.90 Å². The minimum Gasteiger partial charge on any atom is -0.478 e. The third-order valence-electron chi connectivity index (χ3n) is 1.74. The summed E-state index contributed by atoms with van der Waals surface area (Å²) in [4.78, 5) is 22.4. The van der Waals surface area contributed by atoms with Crippen LogP contribution >= 0.6 is 12.6 Å². The van der Waals surface area contributed by atoms with Crippen molar-refractivity contribution in [2.24, 2.45) is 0 Å². The predicted octanol–water partition coefficient (Wildman–Crippen LogP) is 1.85. The molecule has 0 saturated carbocycles. The summed E-state index contributed by atoms with van der Waals surface area (Å²) in [6, 6.07) is 4.19. The zero-order valence-electron chi connectivity index (χ0n) is 8.06. The number of carbonyl (C=O) groups excluding carboxylic acids is 1. The van der Waals surface area contributed by atoms with Crippen LogP contribution in [0.4, 0.5) is 0 Å². The summed E-state index contributed by atoms with van der Waals surface area (Å²) in [5.41, 5.74) is 0.205. The van der Waals surface area contributed by atoms with Crippen molar-refractivity contribution < 1.29 is 19.4 Å². The first-order valence-corrected chi connectivity index (χ1v) is 4.74. The lowest BCUT2D eigenvalue weighted by atomic mass is 10.1. The van der Waals surface area contributed by atoms with E-state index in [4.69, 9.17) is 9.84 Å². The molecule has 4 nitrogen and oxygen atoms in total. The molecular formula is C10H10O4S. The van der Waals surface area contributed by atoms with Crippen molar-refractivity contribution in [3.63, 3.8) is 0 Å². The Morgan fingerprint density at radius 1 is 1.47 bits per heavy atom. The normalized spacial score (nSPS) is 9.73. The van der Waals surface area contributed by atoms with Gasteiger partial charge in [0.15, 0.2) is 0 Å². The summed E-state index contributed by atoms with van der Waals surface area (Å²) in [5, 5.41) is 8.80. The van der Waals surface area contributed by atoms with Gasteiger partial charge >= 0.3 is 11.9 Å². The van der Waals surface area contributed by atoms with Crippen LogP contribution < -0.4 is 0 Å². The van der Waals surface area contributed by atoms with E-state index in [1.54, 1.807) is 6.92 Å². The molecule has 0 unspecified atom stereocenters. The number of hydrogen-bond acceptors (Lipinski definition) is 4. The Morgan fingerprint density at radius 3 is 2.67 bits per heavy atom. The van der Waals surface area contributed by atoms with E-state index in [1.807, 2.05) is 0 Å². The molecule has 0 aromatic heterocycles. The molecule has 0 atom stereocenters. The van der Waals surface area contributed by atoms with Gasteiger partial charge in [0.2, 0.25) is 0 Å². The topological polar surface area (TPSA) is 63.6 Å². The highest BCUT2D eigenvalue weighted by molar-refractivity contribution is 7.80. The van der Waals surface area contributed by atoms with Gasteiger partial charge in [-0.15, -0.1) is 12.6 Å². The maximum atomic E-state index is 11.3. The largest absolute Gasteiger partial charge is 0.478 e. The molecule has 80 valence electrons. The van der Waals surface area contributed by atoms with Crippen molar-refractivity contribution in [1.82, 2.24) is 0 Å². The lowest BCUT2D eigenvalue weighted by Gasteiger charge is -2.04. The number of aromatic carboxylic acids is 1. The summed E-state index contributed by atoms with van der Waals surface area (Å²) in [7, 11) is 0. The molecular weight excluding hydrogens is 216 g/mol. The van der Waals surface area contributed by atoms with Crippen molar-refractivity contribution >= 4 is 24.6 Å². The molecule has 1 rings (SSSR count). The Kier molecular flexibility index (Phi) is 3.74. The van der Waals surface area contributed by atoms with Crippen LogP contribution in [0.1, 0.15) is 27.6 Å². The van der Waals surface area contributed by atoms with Gasteiger partial charge in [0, 0.05) is 4.90 Å². The van der Waals surface area contributed by atoms with Crippen LogP contribution in [-0.4, -0.2) is 23.7 Å². The van der Waals surface area contributed by atoms with Crippen LogP contribution in [-0.2, 0) is 4.74 Å². The van der Waals surface area contributed by atoms with E-state index in [0.717, 1.165) is 0 Å². The molecule has 0 fully saturated rings. The first-order chi connectivity index (χ1) is 7.06. The number of rotatable bonds is 3. The van der Waals surface area contributed by atoms with Crippen molar-refractivity contribution in [1.29, 1.82) is 0 Å². The van der Waals surface area contributed by atoms with Crippen LogP contribution in [0, 0.1) is 0 Å². The molecule has 0 amide bonds. The van der Waals surface area contributed by atoms with Gasteiger partial charge in [-0.2, -0.15) is 0 Å². The molecule has 1 aromatic carbocycles. The number of ether oxygens (including phenoxy) is 1. The molecule has 0 saturated heterocycles. The zero-order chi connectivity index (χ0) is 11.4. The highest BCUT2D eigenvalue weighted by Crippen LogP contribution is 2.16. The minimum absolute atomic E-state index is 0.0103. The van der Waals surface area contributed by atoms with Crippen molar-refractivity contribution in [2.45, 2.75) is 11.8 Å².